The second-order valence-electron chi connectivity index (χ2n) is 4.02. The molecule has 0 saturated heterocycles. The highest BCUT2D eigenvalue weighted by Crippen LogP contribution is 2.23. The highest BCUT2D eigenvalue weighted by Gasteiger charge is 2.01. The molecular weight excluding hydrogens is 244 g/mol. The van der Waals surface area contributed by atoms with Crippen molar-refractivity contribution in [1.29, 1.82) is 0 Å². The third-order valence-electron chi connectivity index (χ3n) is 2.31. The number of hydrogen-bond donors (Lipinski definition) is 0. The minimum absolute atomic E-state index is 0.246. The van der Waals surface area contributed by atoms with E-state index in [9.17, 15) is 4.79 Å². The van der Waals surface area contributed by atoms with Gasteiger partial charge in [-0.15, -0.1) is 11.8 Å². The maximum absolute atomic E-state index is 11.4. The molecular formula is C15H20O2S. The topological polar surface area (TPSA) is 26.3 Å². The van der Waals surface area contributed by atoms with E-state index in [1.165, 1.54) is 11.0 Å². The molecule has 0 amide bonds. The van der Waals surface area contributed by atoms with Crippen LogP contribution in [0.2, 0.25) is 0 Å². The first-order chi connectivity index (χ1) is 8.72. The van der Waals surface area contributed by atoms with Crippen LogP contribution < -0.4 is 0 Å². The Bertz CT molecular complexity index is 373. The number of rotatable bonds is 7. The molecule has 0 bridgehead atoms. The molecule has 1 unspecified atom stereocenters. The third kappa shape index (κ3) is 6.50. The van der Waals surface area contributed by atoms with Gasteiger partial charge in [-0.05, 0) is 25.5 Å². The lowest BCUT2D eigenvalue weighted by Crippen LogP contribution is -2.03. The van der Waals surface area contributed by atoms with Crippen molar-refractivity contribution in [3.8, 4) is 0 Å². The number of carbonyl (C=O) groups is 1. The van der Waals surface area contributed by atoms with Gasteiger partial charge in [0.1, 0.15) is 0 Å². The minimum atomic E-state index is -0.246. The van der Waals surface area contributed by atoms with E-state index in [1.54, 1.807) is 11.8 Å². The van der Waals surface area contributed by atoms with Gasteiger partial charge in [-0.1, -0.05) is 37.6 Å². The first-order valence-electron chi connectivity index (χ1n) is 6.29. The zero-order chi connectivity index (χ0) is 13.2. The van der Waals surface area contributed by atoms with Gasteiger partial charge < -0.3 is 4.74 Å². The van der Waals surface area contributed by atoms with Gasteiger partial charge in [0, 0.05) is 16.2 Å². The summed E-state index contributed by atoms with van der Waals surface area (Å²) < 4.78 is 5.05. The quantitative estimate of drug-likeness (QED) is 0.321. The van der Waals surface area contributed by atoms with Gasteiger partial charge >= 0.3 is 5.97 Å². The van der Waals surface area contributed by atoms with Crippen LogP contribution in [0.15, 0.2) is 47.4 Å². The summed E-state index contributed by atoms with van der Waals surface area (Å²) in [5.41, 5.74) is 0. The second kappa shape index (κ2) is 8.81. The largest absolute Gasteiger partial charge is 0.463 e. The van der Waals surface area contributed by atoms with Crippen LogP contribution in [0.5, 0.6) is 0 Å². The van der Waals surface area contributed by atoms with Crippen molar-refractivity contribution in [2.45, 2.75) is 36.8 Å². The molecule has 3 heteroatoms. The monoisotopic (exact) mass is 264 g/mol. The molecule has 1 aromatic carbocycles. The number of hydrogen-bond acceptors (Lipinski definition) is 3. The van der Waals surface area contributed by atoms with Crippen LogP contribution >= 0.6 is 11.8 Å². The fourth-order valence-corrected chi connectivity index (χ4v) is 2.23. The normalized spacial score (nSPS) is 12.6. The van der Waals surface area contributed by atoms with E-state index in [1.807, 2.05) is 24.3 Å². The predicted molar refractivity (Wildman–Crippen MR) is 76.8 cm³/mol. The van der Waals surface area contributed by atoms with Gasteiger partial charge in [-0.2, -0.15) is 0 Å². The van der Waals surface area contributed by atoms with Crippen LogP contribution in [0.4, 0.5) is 0 Å². The molecule has 0 fully saturated rings. The molecule has 1 aromatic rings. The van der Waals surface area contributed by atoms with Crippen LogP contribution in [-0.2, 0) is 9.53 Å². The number of thioether (sulfide) groups is 1. The summed E-state index contributed by atoms with van der Waals surface area (Å²) in [5, 5.41) is 0.256. The maximum Gasteiger partial charge on any atom is 0.330 e. The van der Waals surface area contributed by atoms with Gasteiger partial charge in [0.15, 0.2) is 0 Å². The third-order valence-corrected chi connectivity index (χ3v) is 3.38. The Morgan fingerprint density at radius 3 is 2.78 bits per heavy atom. The maximum atomic E-state index is 11.4. The standard InChI is InChI=1S/C15H20O2S/c1-3-4-12-17-15(16)11-10-13(2)18-14-8-6-5-7-9-14/h5-11,13H,3-4,12H2,1-2H3. The Morgan fingerprint density at radius 2 is 2.11 bits per heavy atom. The molecule has 1 rings (SSSR count). The first kappa shape index (κ1) is 14.8. The van der Waals surface area contributed by atoms with Crippen LogP contribution in [0.25, 0.3) is 0 Å². The molecule has 0 aliphatic carbocycles. The molecule has 0 aliphatic heterocycles. The summed E-state index contributed by atoms with van der Waals surface area (Å²) in [5.74, 6) is -0.246. The Labute approximate surface area is 113 Å². The Balaban J connectivity index is 2.31. The van der Waals surface area contributed by atoms with Gasteiger partial charge in [-0.3, -0.25) is 0 Å². The molecule has 2 nitrogen and oxygen atoms in total. The summed E-state index contributed by atoms with van der Waals surface area (Å²) in [7, 11) is 0. The molecule has 0 N–H and O–H groups in total. The fraction of sp³-hybridized carbons (Fsp3) is 0.400. The summed E-state index contributed by atoms with van der Waals surface area (Å²) in [6.07, 6.45) is 5.37. The molecule has 0 saturated carbocycles. The summed E-state index contributed by atoms with van der Waals surface area (Å²) in [6, 6.07) is 10.1. The Kier molecular flexibility index (Phi) is 7.26. The number of esters is 1. The van der Waals surface area contributed by atoms with Gasteiger partial charge in [0.05, 0.1) is 6.61 Å². The predicted octanol–water partition coefficient (Wildman–Crippen LogP) is 4.07. The average molecular weight is 264 g/mol. The van der Waals surface area contributed by atoms with E-state index in [2.05, 4.69) is 26.0 Å². The average Bonchev–Trinajstić information content (AvgIpc) is 2.38. The number of carbonyl (C=O) groups excluding carboxylic acids is 1. The lowest BCUT2D eigenvalue weighted by Gasteiger charge is -2.05. The lowest BCUT2D eigenvalue weighted by molar-refractivity contribution is -0.137. The molecule has 0 spiro atoms. The van der Waals surface area contributed by atoms with Gasteiger partial charge in [0.25, 0.3) is 0 Å². The smallest absolute Gasteiger partial charge is 0.330 e. The van der Waals surface area contributed by atoms with Crippen molar-refractivity contribution in [1.82, 2.24) is 0 Å². The molecule has 18 heavy (non-hydrogen) atoms. The number of ether oxygens (including phenoxy) is 1. The summed E-state index contributed by atoms with van der Waals surface area (Å²) in [4.78, 5) is 12.6. The van der Waals surface area contributed by atoms with E-state index in [0.29, 0.717) is 6.61 Å². The van der Waals surface area contributed by atoms with Crippen molar-refractivity contribution in [3.05, 3.63) is 42.5 Å². The van der Waals surface area contributed by atoms with Crippen molar-refractivity contribution in [3.63, 3.8) is 0 Å². The molecule has 0 aliphatic rings. The second-order valence-corrected chi connectivity index (χ2v) is 5.47. The van der Waals surface area contributed by atoms with Gasteiger partial charge in [-0.25, -0.2) is 4.79 Å². The van der Waals surface area contributed by atoms with E-state index < -0.39 is 0 Å². The van der Waals surface area contributed by atoms with E-state index in [0.717, 1.165) is 12.8 Å². The van der Waals surface area contributed by atoms with E-state index in [-0.39, 0.29) is 11.2 Å². The molecule has 0 heterocycles. The van der Waals surface area contributed by atoms with E-state index in [4.69, 9.17) is 4.74 Å². The lowest BCUT2D eigenvalue weighted by atomic mass is 10.3. The van der Waals surface area contributed by atoms with Crippen LogP contribution in [0.1, 0.15) is 26.7 Å². The van der Waals surface area contributed by atoms with Crippen molar-refractivity contribution in [2.24, 2.45) is 0 Å². The van der Waals surface area contributed by atoms with Crippen molar-refractivity contribution < 1.29 is 9.53 Å². The number of unbranched alkanes of at least 4 members (excludes halogenated alkanes) is 1. The highest BCUT2D eigenvalue weighted by atomic mass is 32.2. The summed E-state index contributed by atoms with van der Waals surface area (Å²) >= 11 is 1.72. The number of benzene rings is 1. The van der Waals surface area contributed by atoms with Crippen LogP contribution in [0, 0.1) is 0 Å². The molecule has 0 aromatic heterocycles. The Morgan fingerprint density at radius 1 is 1.39 bits per heavy atom. The fourth-order valence-electron chi connectivity index (χ4n) is 1.33. The van der Waals surface area contributed by atoms with E-state index >= 15 is 0 Å². The zero-order valence-corrected chi connectivity index (χ0v) is 11.8. The van der Waals surface area contributed by atoms with Gasteiger partial charge in [0.2, 0.25) is 0 Å². The van der Waals surface area contributed by atoms with Crippen LogP contribution in [-0.4, -0.2) is 17.8 Å². The highest BCUT2D eigenvalue weighted by molar-refractivity contribution is 8.00. The van der Waals surface area contributed by atoms with Crippen molar-refractivity contribution in [2.75, 3.05) is 6.61 Å². The molecule has 0 radical (unpaired) electrons. The molecule has 1 atom stereocenters. The Hall–Kier alpha value is -1.22. The SMILES string of the molecule is CCCCOC(=O)C=CC(C)Sc1ccccc1. The first-order valence-corrected chi connectivity index (χ1v) is 7.17. The molecule has 98 valence electrons. The minimum Gasteiger partial charge on any atom is -0.463 e. The summed E-state index contributed by atoms with van der Waals surface area (Å²) in [6.45, 7) is 4.65. The van der Waals surface area contributed by atoms with Crippen molar-refractivity contribution >= 4 is 17.7 Å². The zero-order valence-electron chi connectivity index (χ0n) is 11.0. The van der Waals surface area contributed by atoms with Crippen LogP contribution in [0.3, 0.4) is 0 Å².